The second kappa shape index (κ2) is 7.67. The van der Waals surface area contributed by atoms with Crippen molar-refractivity contribution in [1.82, 2.24) is 10.2 Å². The van der Waals surface area contributed by atoms with E-state index in [-0.39, 0.29) is 12.1 Å². The van der Waals surface area contributed by atoms with Crippen LogP contribution in [-0.2, 0) is 11.3 Å². The number of amides is 2. The number of rotatable bonds is 3. The molecule has 1 saturated heterocycles. The Labute approximate surface area is 125 Å². The van der Waals surface area contributed by atoms with Gasteiger partial charge in [0.05, 0.1) is 19.2 Å². The number of carbonyl (C=O) groups is 1. The van der Waals surface area contributed by atoms with E-state index in [0.29, 0.717) is 19.7 Å². The lowest BCUT2D eigenvalue weighted by Crippen LogP contribution is -2.43. The predicted octanol–water partition coefficient (Wildman–Crippen LogP) is 0.927. The number of hydrogen-bond donors (Lipinski definition) is 2. The number of ether oxygens (including phenoxy) is 1. The number of hydrogen-bond acceptors (Lipinski definition) is 3. The van der Waals surface area contributed by atoms with Crippen molar-refractivity contribution in [3.8, 4) is 11.8 Å². The molecule has 112 valence electrons. The first kappa shape index (κ1) is 15.4. The van der Waals surface area contributed by atoms with Crippen LogP contribution in [-0.4, -0.2) is 43.8 Å². The van der Waals surface area contributed by atoms with Gasteiger partial charge in [-0.2, -0.15) is 0 Å². The molecule has 0 aromatic heterocycles. The molecule has 21 heavy (non-hydrogen) atoms. The Kier molecular flexibility index (Phi) is 5.61. The Balaban J connectivity index is 1.91. The molecule has 1 aromatic carbocycles. The molecule has 1 aliphatic rings. The van der Waals surface area contributed by atoms with E-state index >= 15 is 0 Å². The van der Waals surface area contributed by atoms with Crippen molar-refractivity contribution in [2.75, 3.05) is 26.8 Å². The fourth-order valence-corrected chi connectivity index (χ4v) is 2.18. The molecule has 0 radical (unpaired) electrons. The minimum atomic E-state index is -0.0797. The summed E-state index contributed by atoms with van der Waals surface area (Å²) in [4.78, 5) is 13.7. The van der Waals surface area contributed by atoms with E-state index in [4.69, 9.17) is 10.5 Å². The average Bonchev–Trinajstić information content (AvgIpc) is 2.98. The Morgan fingerprint density at radius 2 is 2.43 bits per heavy atom. The molecule has 5 nitrogen and oxygen atoms in total. The quantitative estimate of drug-likeness (QED) is 0.813. The molecule has 3 N–H and O–H groups in total. The maximum Gasteiger partial charge on any atom is 0.317 e. The number of benzene rings is 1. The summed E-state index contributed by atoms with van der Waals surface area (Å²) in [7, 11) is 1.78. The number of nitrogens with one attached hydrogen (secondary N) is 1. The molecule has 1 heterocycles. The van der Waals surface area contributed by atoms with Gasteiger partial charge in [0.1, 0.15) is 0 Å². The van der Waals surface area contributed by atoms with E-state index in [1.54, 1.807) is 11.9 Å². The van der Waals surface area contributed by atoms with Crippen molar-refractivity contribution in [2.45, 2.75) is 19.0 Å². The molecular weight excluding hydrogens is 266 g/mol. The monoisotopic (exact) mass is 287 g/mol. The lowest BCUT2D eigenvalue weighted by atomic mass is 10.1. The van der Waals surface area contributed by atoms with Crippen LogP contribution in [0.2, 0.25) is 0 Å². The Bertz CT molecular complexity index is 542. The molecule has 0 spiro atoms. The number of carbonyl (C=O) groups excluding carboxylic acids is 1. The maximum absolute atomic E-state index is 12.1. The first-order valence-electron chi connectivity index (χ1n) is 7.06. The molecular formula is C16H21N3O2. The molecule has 0 saturated carbocycles. The Hall–Kier alpha value is -2.03. The zero-order chi connectivity index (χ0) is 15.1. The van der Waals surface area contributed by atoms with Crippen LogP contribution in [0.25, 0.3) is 0 Å². The average molecular weight is 287 g/mol. The van der Waals surface area contributed by atoms with Crippen LogP contribution in [0.15, 0.2) is 24.3 Å². The Morgan fingerprint density at radius 3 is 3.14 bits per heavy atom. The van der Waals surface area contributed by atoms with E-state index in [0.717, 1.165) is 24.2 Å². The molecule has 1 fully saturated rings. The van der Waals surface area contributed by atoms with Crippen molar-refractivity contribution in [2.24, 2.45) is 5.73 Å². The van der Waals surface area contributed by atoms with E-state index in [2.05, 4.69) is 17.2 Å². The second-order valence-corrected chi connectivity index (χ2v) is 5.07. The normalized spacial score (nSPS) is 17.0. The third kappa shape index (κ3) is 4.78. The number of nitrogens with zero attached hydrogens (tertiary/aromatic N) is 1. The summed E-state index contributed by atoms with van der Waals surface area (Å²) < 4.78 is 5.25. The van der Waals surface area contributed by atoms with Crippen molar-refractivity contribution < 1.29 is 9.53 Å². The second-order valence-electron chi connectivity index (χ2n) is 5.07. The minimum absolute atomic E-state index is 0.0797. The molecule has 0 bridgehead atoms. The summed E-state index contributed by atoms with van der Waals surface area (Å²) >= 11 is 0. The fourth-order valence-electron chi connectivity index (χ4n) is 2.18. The molecule has 1 unspecified atom stereocenters. The highest BCUT2D eigenvalue weighted by Gasteiger charge is 2.19. The highest BCUT2D eigenvalue weighted by Crippen LogP contribution is 2.08. The van der Waals surface area contributed by atoms with Crippen LogP contribution >= 0.6 is 0 Å². The lowest BCUT2D eigenvalue weighted by molar-refractivity contribution is 0.181. The van der Waals surface area contributed by atoms with Crippen LogP contribution in [0, 0.1) is 11.8 Å². The van der Waals surface area contributed by atoms with Gasteiger partial charge in [0.25, 0.3) is 0 Å². The van der Waals surface area contributed by atoms with Crippen LogP contribution in [0.4, 0.5) is 4.79 Å². The van der Waals surface area contributed by atoms with Crippen LogP contribution < -0.4 is 11.1 Å². The maximum atomic E-state index is 12.1. The number of urea groups is 1. The highest BCUT2D eigenvalue weighted by atomic mass is 16.5. The smallest absolute Gasteiger partial charge is 0.317 e. The van der Waals surface area contributed by atoms with Gasteiger partial charge in [-0.15, -0.1) is 0 Å². The SMILES string of the molecule is CN(Cc1cccc(C#CCN)c1)C(=O)NC1CCOC1. The van der Waals surface area contributed by atoms with E-state index in [1.165, 1.54) is 0 Å². The fraction of sp³-hybridized carbons (Fsp3) is 0.438. The van der Waals surface area contributed by atoms with Crippen LogP contribution in [0.5, 0.6) is 0 Å². The van der Waals surface area contributed by atoms with E-state index in [9.17, 15) is 4.79 Å². The topological polar surface area (TPSA) is 67.6 Å². The van der Waals surface area contributed by atoms with Crippen molar-refractivity contribution >= 4 is 6.03 Å². The van der Waals surface area contributed by atoms with Crippen molar-refractivity contribution in [3.05, 3.63) is 35.4 Å². The largest absolute Gasteiger partial charge is 0.379 e. The third-order valence-corrected chi connectivity index (χ3v) is 3.29. The number of nitrogens with two attached hydrogens (primary N) is 1. The first-order chi connectivity index (χ1) is 10.2. The third-order valence-electron chi connectivity index (χ3n) is 3.29. The summed E-state index contributed by atoms with van der Waals surface area (Å²) in [5.74, 6) is 5.82. The molecule has 1 aliphatic heterocycles. The summed E-state index contributed by atoms with van der Waals surface area (Å²) in [5, 5.41) is 2.97. The Morgan fingerprint density at radius 1 is 1.57 bits per heavy atom. The van der Waals surface area contributed by atoms with Crippen LogP contribution in [0.3, 0.4) is 0 Å². The van der Waals surface area contributed by atoms with Crippen molar-refractivity contribution in [3.63, 3.8) is 0 Å². The van der Waals surface area contributed by atoms with Gasteiger partial charge in [0, 0.05) is 25.8 Å². The van der Waals surface area contributed by atoms with E-state index < -0.39 is 0 Å². The van der Waals surface area contributed by atoms with Gasteiger partial charge in [-0.05, 0) is 24.1 Å². The van der Waals surface area contributed by atoms with Gasteiger partial charge < -0.3 is 20.7 Å². The summed E-state index contributed by atoms with van der Waals surface area (Å²) in [6, 6.07) is 7.88. The molecule has 1 aromatic rings. The van der Waals surface area contributed by atoms with E-state index in [1.807, 2.05) is 24.3 Å². The lowest BCUT2D eigenvalue weighted by Gasteiger charge is -2.20. The van der Waals surface area contributed by atoms with Crippen LogP contribution in [0.1, 0.15) is 17.5 Å². The molecule has 2 amide bonds. The summed E-state index contributed by atoms with van der Waals surface area (Å²) in [5.41, 5.74) is 7.32. The van der Waals surface area contributed by atoms with Gasteiger partial charge in [-0.3, -0.25) is 0 Å². The molecule has 0 aliphatic carbocycles. The van der Waals surface area contributed by atoms with Gasteiger partial charge in [-0.1, -0.05) is 24.0 Å². The standard InChI is InChI=1S/C16H21N3O2/c1-19(16(20)18-15-7-9-21-12-15)11-14-5-2-4-13(10-14)6-3-8-17/h2,4-5,10,15H,7-9,11-12,17H2,1H3,(H,18,20). The zero-order valence-electron chi connectivity index (χ0n) is 12.3. The van der Waals surface area contributed by atoms with Gasteiger partial charge >= 0.3 is 6.03 Å². The van der Waals surface area contributed by atoms with Gasteiger partial charge in [0.15, 0.2) is 0 Å². The summed E-state index contributed by atoms with van der Waals surface area (Å²) in [6.45, 7) is 2.20. The zero-order valence-corrected chi connectivity index (χ0v) is 12.3. The first-order valence-corrected chi connectivity index (χ1v) is 7.06. The highest BCUT2D eigenvalue weighted by molar-refractivity contribution is 5.74. The molecule has 1 atom stereocenters. The molecule has 2 rings (SSSR count). The summed E-state index contributed by atoms with van der Waals surface area (Å²) in [6.07, 6.45) is 0.879. The predicted molar refractivity (Wildman–Crippen MR) is 81.6 cm³/mol. The van der Waals surface area contributed by atoms with Gasteiger partial charge in [0.2, 0.25) is 0 Å². The molecule has 5 heteroatoms. The van der Waals surface area contributed by atoms with Gasteiger partial charge in [-0.25, -0.2) is 4.79 Å². The van der Waals surface area contributed by atoms with Crippen molar-refractivity contribution in [1.29, 1.82) is 0 Å². The minimum Gasteiger partial charge on any atom is -0.379 e.